The summed E-state index contributed by atoms with van der Waals surface area (Å²) in [7, 11) is 0. The van der Waals surface area contributed by atoms with Crippen LogP contribution in [0.5, 0.6) is 5.75 Å². The summed E-state index contributed by atoms with van der Waals surface area (Å²) in [6, 6.07) is 3.83. The fourth-order valence-corrected chi connectivity index (χ4v) is 2.90. The molecule has 0 atom stereocenters. The number of hydrogen-bond donors (Lipinski definition) is 1. The van der Waals surface area contributed by atoms with Gasteiger partial charge in [-0.2, -0.15) is 0 Å². The molecule has 0 unspecified atom stereocenters. The van der Waals surface area contributed by atoms with Gasteiger partial charge in [-0.05, 0) is 50.5 Å². The molecule has 2 rings (SSSR count). The maximum absolute atomic E-state index is 11.8. The molecule has 0 aliphatic carbocycles. The number of aryl methyl sites for hydroxylation is 3. The summed E-state index contributed by atoms with van der Waals surface area (Å²) in [5.41, 5.74) is 2.90. The van der Waals surface area contributed by atoms with Gasteiger partial charge in [0.05, 0.1) is 23.9 Å². The Hall–Kier alpha value is -1.59. The van der Waals surface area contributed by atoms with E-state index in [9.17, 15) is 4.79 Å². The number of amides is 1. The number of carbonyl (C=O) groups excluding carboxylic acids is 1. The van der Waals surface area contributed by atoms with Crippen LogP contribution in [0.25, 0.3) is 0 Å². The SMILES string of the molecule is Cc1nc(CNC(=O)CCCOc2cc(C)c(Cl)c(C)c2)cs1. The van der Waals surface area contributed by atoms with Crippen LogP contribution in [0.15, 0.2) is 17.5 Å². The van der Waals surface area contributed by atoms with Gasteiger partial charge in [0.1, 0.15) is 5.75 Å². The van der Waals surface area contributed by atoms with Crippen LogP contribution in [0.2, 0.25) is 5.02 Å². The topological polar surface area (TPSA) is 51.2 Å². The van der Waals surface area contributed by atoms with Crippen LogP contribution in [0.1, 0.15) is 34.7 Å². The van der Waals surface area contributed by atoms with Gasteiger partial charge in [-0.25, -0.2) is 4.98 Å². The van der Waals surface area contributed by atoms with E-state index in [1.54, 1.807) is 11.3 Å². The number of thiazole rings is 1. The molecule has 23 heavy (non-hydrogen) atoms. The Morgan fingerprint density at radius 2 is 2.00 bits per heavy atom. The Balaban J connectivity index is 1.67. The second-order valence-electron chi connectivity index (χ2n) is 5.46. The van der Waals surface area contributed by atoms with E-state index in [-0.39, 0.29) is 5.91 Å². The van der Waals surface area contributed by atoms with Crippen LogP contribution in [0.4, 0.5) is 0 Å². The third-order valence-electron chi connectivity index (χ3n) is 3.36. The van der Waals surface area contributed by atoms with Crippen molar-refractivity contribution in [2.45, 2.75) is 40.2 Å². The number of aromatic nitrogens is 1. The molecular formula is C17H21ClN2O2S. The van der Waals surface area contributed by atoms with E-state index in [1.807, 2.05) is 38.3 Å². The number of rotatable bonds is 7. The van der Waals surface area contributed by atoms with Gasteiger partial charge in [-0.3, -0.25) is 4.79 Å². The molecule has 0 radical (unpaired) electrons. The Morgan fingerprint density at radius 1 is 1.30 bits per heavy atom. The van der Waals surface area contributed by atoms with Gasteiger partial charge < -0.3 is 10.1 Å². The molecule has 1 heterocycles. The van der Waals surface area contributed by atoms with Crippen LogP contribution >= 0.6 is 22.9 Å². The highest BCUT2D eigenvalue weighted by molar-refractivity contribution is 7.09. The van der Waals surface area contributed by atoms with E-state index in [2.05, 4.69) is 10.3 Å². The summed E-state index contributed by atoms with van der Waals surface area (Å²) in [5, 5.41) is 6.61. The zero-order chi connectivity index (χ0) is 16.8. The highest BCUT2D eigenvalue weighted by atomic mass is 35.5. The first kappa shape index (κ1) is 17.8. The second-order valence-corrected chi connectivity index (χ2v) is 6.90. The zero-order valence-corrected chi connectivity index (χ0v) is 15.2. The lowest BCUT2D eigenvalue weighted by atomic mass is 10.1. The minimum Gasteiger partial charge on any atom is -0.494 e. The van der Waals surface area contributed by atoms with Crippen molar-refractivity contribution < 1.29 is 9.53 Å². The van der Waals surface area contributed by atoms with Gasteiger partial charge in [0.25, 0.3) is 0 Å². The van der Waals surface area contributed by atoms with E-state index in [0.717, 1.165) is 32.6 Å². The van der Waals surface area contributed by atoms with E-state index in [0.29, 0.717) is 26.0 Å². The standard InChI is InChI=1S/C17H21ClN2O2S/c1-11-7-15(8-12(2)17(11)18)22-6-4-5-16(21)19-9-14-10-23-13(3)20-14/h7-8,10H,4-6,9H2,1-3H3,(H,19,21). The molecule has 0 spiro atoms. The maximum Gasteiger partial charge on any atom is 0.220 e. The minimum absolute atomic E-state index is 0.0164. The largest absolute Gasteiger partial charge is 0.494 e. The molecule has 6 heteroatoms. The number of halogens is 1. The van der Waals surface area contributed by atoms with E-state index in [4.69, 9.17) is 16.3 Å². The molecule has 0 bridgehead atoms. The number of ether oxygens (including phenoxy) is 1. The quantitative estimate of drug-likeness (QED) is 0.760. The lowest BCUT2D eigenvalue weighted by molar-refractivity contribution is -0.121. The number of nitrogens with one attached hydrogen (secondary N) is 1. The molecule has 0 fully saturated rings. The molecule has 0 aliphatic rings. The summed E-state index contributed by atoms with van der Waals surface area (Å²) in [5.74, 6) is 0.811. The Bertz CT molecular complexity index is 662. The van der Waals surface area contributed by atoms with Crippen LogP contribution in [0, 0.1) is 20.8 Å². The maximum atomic E-state index is 11.8. The lowest BCUT2D eigenvalue weighted by Crippen LogP contribution is -2.23. The highest BCUT2D eigenvalue weighted by Crippen LogP contribution is 2.25. The highest BCUT2D eigenvalue weighted by Gasteiger charge is 2.06. The summed E-state index contributed by atoms with van der Waals surface area (Å²) in [6.45, 7) is 6.85. The lowest BCUT2D eigenvalue weighted by Gasteiger charge is -2.10. The predicted octanol–water partition coefficient (Wildman–Crippen LogP) is 4.20. The first-order valence-electron chi connectivity index (χ1n) is 7.53. The molecule has 1 aromatic heterocycles. The fraction of sp³-hybridized carbons (Fsp3) is 0.412. The van der Waals surface area contributed by atoms with Crippen molar-refractivity contribution in [1.82, 2.24) is 10.3 Å². The molecule has 1 N–H and O–H groups in total. The molecule has 2 aromatic rings. The molecule has 0 saturated carbocycles. The van der Waals surface area contributed by atoms with Gasteiger partial charge in [0.15, 0.2) is 0 Å². The zero-order valence-electron chi connectivity index (χ0n) is 13.6. The van der Waals surface area contributed by atoms with Crippen LogP contribution in [-0.2, 0) is 11.3 Å². The molecule has 4 nitrogen and oxygen atoms in total. The van der Waals surface area contributed by atoms with E-state index in [1.165, 1.54) is 0 Å². The van der Waals surface area contributed by atoms with Crippen molar-refractivity contribution in [3.05, 3.63) is 44.4 Å². The third-order valence-corrected chi connectivity index (χ3v) is 4.78. The Labute approximate surface area is 145 Å². The van der Waals surface area contributed by atoms with Crippen molar-refractivity contribution in [3.8, 4) is 5.75 Å². The van der Waals surface area contributed by atoms with Crippen molar-refractivity contribution >= 4 is 28.8 Å². The third kappa shape index (κ3) is 5.52. The first-order chi connectivity index (χ1) is 11.0. The molecule has 1 aromatic carbocycles. The second kappa shape index (κ2) is 8.31. The summed E-state index contributed by atoms with van der Waals surface area (Å²) >= 11 is 7.71. The predicted molar refractivity (Wildman–Crippen MR) is 94.4 cm³/mol. The van der Waals surface area contributed by atoms with E-state index >= 15 is 0 Å². The van der Waals surface area contributed by atoms with Crippen molar-refractivity contribution in [2.75, 3.05) is 6.61 Å². The molecular weight excluding hydrogens is 332 g/mol. The average Bonchev–Trinajstić information content (AvgIpc) is 2.92. The normalized spacial score (nSPS) is 10.6. The number of hydrogen-bond acceptors (Lipinski definition) is 4. The summed E-state index contributed by atoms with van der Waals surface area (Å²) in [4.78, 5) is 16.1. The van der Waals surface area contributed by atoms with Gasteiger partial charge in [-0.15, -0.1) is 11.3 Å². The van der Waals surface area contributed by atoms with E-state index < -0.39 is 0 Å². The molecule has 124 valence electrons. The van der Waals surface area contributed by atoms with Gasteiger partial charge in [-0.1, -0.05) is 11.6 Å². The first-order valence-corrected chi connectivity index (χ1v) is 8.78. The van der Waals surface area contributed by atoms with Crippen molar-refractivity contribution in [3.63, 3.8) is 0 Å². The smallest absolute Gasteiger partial charge is 0.220 e. The van der Waals surface area contributed by atoms with Gasteiger partial charge >= 0.3 is 0 Å². The summed E-state index contributed by atoms with van der Waals surface area (Å²) in [6.07, 6.45) is 1.11. The number of nitrogens with zero attached hydrogens (tertiary/aromatic N) is 1. The molecule has 1 amide bonds. The Morgan fingerprint density at radius 3 is 2.61 bits per heavy atom. The summed E-state index contributed by atoms with van der Waals surface area (Å²) < 4.78 is 5.69. The van der Waals surface area contributed by atoms with Gasteiger partial charge in [0, 0.05) is 16.8 Å². The monoisotopic (exact) mass is 352 g/mol. The molecule has 0 aliphatic heterocycles. The van der Waals surface area contributed by atoms with Crippen LogP contribution < -0.4 is 10.1 Å². The number of benzene rings is 1. The average molecular weight is 353 g/mol. The van der Waals surface area contributed by atoms with Crippen molar-refractivity contribution in [1.29, 1.82) is 0 Å². The van der Waals surface area contributed by atoms with Crippen LogP contribution in [0.3, 0.4) is 0 Å². The minimum atomic E-state index is 0.0164. The fourth-order valence-electron chi connectivity index (χ4n) is 2.18. The number of carbonyl (C=O) groups is 1. The van der Waals surface area contributed by atoms with Gasteiger partial charge in [0.2, 0.25) is 5.91 Å². The Kier molecular flexibility index (Phi) is 6.42. The van der Waals surface area contributed by atoms with Crippen molar-refractivity contribution in [2.24, 2.45) is 0 Å². The molecule has 0 saturated heterocycles. The van der Waals surface area contributed by atoms with Crippen LogP contribution in [-0.4, -0.2) is 17.5 Å².